The summed E-state index contributed by atoms with van der Waals surface area (Å²) in [6.07, 6.45) is 18.5. The summed E-state index contributed by atoms with van der Waals surface area (Å²) in [6, 6.07) is 6.60. The standard InChI is InChI=1S/C33H58O3/c1-8-9-10-11-12-13-14-15-16-17-18-21-27(32(2,3)4)26-28(33(5,6)7)24-25-36-31(35)29-22-19-20-23-30(29)34/h19-20,22-23,27-28,34H,8-18,21,24-26H2,1-7H3. The molecular formula is C33H58O3. The SMILES string of the molecule is CCCCCCCCCCCCCC(CC(CCOC(=O)c1ccccc1O)C(C)(C)C)C(C)(C)C. The lowest BCUT2D eigenvalue weighted by molar-refractivity contribution is 0.0406. The number of ether oxygens (including phenoxy) is 1. The van der Waals surface area contributed by atoms with Crippen LogP contribution >= 0.6 is 0 Å². The summed E-state index contributed by atoms with van der Waals surface area (Å²) in [5.41, 5.74) is 0.671. The quantitative estimate of drug-likeness (QED) is 0.160. The van der Waals surface area contributed by atoms with Gasteiger partial charge in [-0.2, -0.15) is 0 Å². The first-order valence-corrected chi connectivity index (χ1v) is 14.9. The number of unbranched alkanes of at least 4 members (excludes halogenated alkanes) is 10. The van der Waals surface area contributed by atoms with E-state index in [1.165, 1.54) is 89.5 Å². The van der Waals surface area contributed by atoms with E-state index in [1.54, 1.807) is 18.2 Å². The zero-order valence-corrected chi connectivity index (χ0v) is 24.8. The van der Waals surface area contributed by atoms with Gasteiger partial charge in [0.1, 0.15) is 11.3 Å². The molecule has 0 radical (unpaired) electrons. The first-order valence-electron chi connectivity index (χ1n) is 14.9. The number of phenols is 1. The molecule has 2 unspecified atom stereocenters. The number of aromatic hydroxyl groups is 1. The zero-order chi connectivity index (χ0) is 27.0. The minimum absolute atomic E-state index is 0.0189. The molecule has 0 fully saturated rings. The van der Waals surface area contributed by atoms with E-state index in [2.05, 4.69) is 48.5 Å². The number of esters is 1. The van der Waals surface area contributed by atoms with Crippen LogP contribution in [0.4, 0.5) is 0 Å². The number of benzene rings is 1. The molecule has 0 aromatic heterocycles. The van der Waals surface area contributed by atoms with E-state index < -0.39 is 5.97 Å². The molecule has 0 amide bonds. The van der Waals surface area contributed by atoms with Crippen molar-refractivity contribution >= 4 is 5.97 Å². The van der Waals surface area contributed by atoms with Crippen molar-refractivity contribution in [2.24, 2.45) is 22.7 Å². The summed E-state index contributed by atoms with van der Waals surface area (Å²) < 4.78 is 5.58. The van der Waals surface area contributed by atoms with Gasteiger partial charge in [-0.25, -0.2) is 4.79 Å². The van der Waals surface area contributed by atoms with Crippen LogP contribution in [0.1, 0.15) is 149 Å². The summed E-state index contributed by atoms with van der Waals surface area (Å²) in [5, 5.41) is 9.93. The number of carbonyl (C=O) groups excluding carboxylic acids is 1. The van der Waals surface area contributed by atoms with Gasteiger partial charge in [0.2, 0.25) is 0 Å². The molecule has 1 aromatic carbocycles. The van der Waals surface area contributed by atoms with Gasteiger partial charge in [-0.1, -0.05) is 131 Å². The summed E-state index contributed by atoms with van der Waals surface area (Å²) in [5.74, 6) is 0.685. The van der Waals surface area contributed by atoms with Gasteiger partial charge in [0.25, 0.3) is 0 Å². The molecule has 3 heteroatoms. The van der Waals surface area contributed by atoms with Crippen LogP contribution < -0.4 is 0 Å². The highest BCUT2D eigenvalue weighted by Crippen LogP contribution is 2.42. The normalized spacial score (nSPS) is 14.0. The number of hydrogen-bond donors (Lipinski definition) is 1. The minimum atomic E-state index is -0.436. The van der Waals surface area contributed by atoms with Crippen molar-refractivity contribution < 1.29 is 14.6 Å². The molecule has 0 aliphatic heterocycles. The van der Waals surface area contributed by atoms with Crippen molar-refractivity contribution in [3.63, 3.8) is 0 Å². The van der Waals surface area contributed by atoms with Crippen molar-refractivity contribution in [1.82, 2.24) is 0 Å². The maximum atomic E-state index is 12.4. The highest BCUT2D eigenvalue weighted by atomic mass is 16.5. The molecule has 1 aromatic rings. The molecule has 3 nitrogen and oxygen atoms in total. The molecule has 36 heavy (non-hydrogen) atoms. The van der Waals surface area contributed by atoms with Gasteiger partial charge in [0.15, 0.2) is 0 Å². The Morgan fingerprint density at radius 2 is 1.22 bits per heavy atom. The van der Waals surface area contributed by atoms with Crippen LogP contribution in [0.15, 0.2) is 24.3 Å². The number of para-hydroxylation sites is 1. The fourth-order valence-electron chi connectivity index (χ4n) is 5.23. The van der Waals surface area contributed by atoms with E-state index in [0.717, 1.165) is 6.42 Å². The topological polar surface area (TPSA) is 46.5 Å². The van der Waals surface area contributed by atoms with Crippen LogP contribution in [0, 0.1) is 22.7 Å². The number of phenolic OH excluding ortho intramolecular Hbond substituents is 1. The van der Waals surface area contributed by atoms with E-state index >= 15 is 0 Å². The summed E-state index contributed by atoms with van der Waals surface area (Å²) in [4.78, 5) is 12.4. The van der Waals surface area contributed by atoms with Gasteiger partial charge in [-0.15, -0.1) is 0 Å². The third kappa shape index (κ3) is 13.7. The molecule has 208 valence electrons. The van der Waals surface area contributed by atoms with E-state index in [9.17, 15) is 9.90 Å². The molecule has 0 heterocycles. The van der Waals surface area contributed by atoms with Crippen molar-refractivity contribution in [1.29, 1.82) is 0 Å². The van der Waals surface area contributed by atoms with Crippen LogP contribution in [-0.4, -0.2) is 17.7 Å². The monoisotopic (exact) mass is 502 g/mol. The van der Waals surface area contributed by atoms with Crippen molar-refractivity contribution in [3.05, 3.63) is 29.8 Å². The largest absolute Gasteiger partial charge is 0.507 e. The Labute approximate surface area is 223 Å². The zero-order valence-electron chi connectivity index (χ0n) is 24.8. The fourth-order valence-corrected chi connectivity index (χ4v) is 5.23. The highest BCUT2D eigenvalue weighted by Gasteiger charge is 2.32. The van der Waals surface area contributed by atoms with Gasteiger partial charge >= 0.3 is 5.97 Å². The smallest absolute Gasteiger partial charge is 0.341 e. The average molecular weight is 503 g/mol. The van der Waals surface area contributed by atoms with Crippen molar-refractivity contribution in [2.75, 3.05) is 6.61 Å². The third-order valence-corrected chi connectivity index (χ3v) is 8.00. The summed E-state index contributed by atoms with van der Waals surface area (Å²) in [7, 11) is 0. The van der Waals surface area contributed by atoms with Gasteiger partial charge in [0.05, 0.1) is 6.61 Å². The Kier molecular flexibility index (Phi) is 15.4. The molecule has 0 aliphatic carbocycles. The molecule has 0 spiro atoms. The lowest BCUT2D eigenvalue weighted by Crippen LogP contribution is -2.30. The Bertz CT molecular complexity index is 710. The Morgan fingerprint density at radius 1 is 0.750 bits per heavy atom. The molecule has 0 saturated carbocycles. The van der Waals surface area contributed by atoms with Crippen LogP contribution in [0.5, 0.6) is 5.75 Å². The molecule has 0 saturated heterocycles. The Hall–Kier alpha value is -1.51. The maximum Gasteiger partial charge on any atom is 0.341 e. The van der Waals surface area contributed by atoms with E-state index in [-0.39, 0.29) is 22.1 Å². The lowest BCUT2D eigenvalue weighted by atomic mass is 9.67. The highest BCUT2D eigenvalue weighted by molar-refractivity contribution is 5.92. The summed E-state index contributed by atoms with van der Waals surface area (Å²) in [6.45, 7) is 16.8. The van der Waals surface area contributed by atoms with E-state index in [0.29, 0.717) is 18.4 Å². The molecular weight excluding hydrogens is 444 g/mol. The number of rotatable bonds is 18. The third-order valence-electron chi connectivity index (χ3n) is 8.00. The molecule has 0 bridgehead atoms. The Balaban J connectivity index is 2.46. The van der Waals surface area contributed by atoms with Crippen LogP contribution in [-0.2, 0) is 4.74 Å². The number of carbonyl (C=O) groups is 1. The van der Waals surface area contributed by atoms with Crippen LogP contribution in [0.25, 0.3) is 0 Å². The molecule has 0 aliphatic rings. The molecule has 2 atom stereocenters. The van der Waals surface area contributed by atoms with Gasteiger partial charge in [-0.3, -0.25) is 0 Å². The molecule has 1 N–H and O–H groups in total. The van der Waals surface area contributed by atoms with Crippen molar-refractivity contribution in [2.45, 2.75) is 138 Å². The second kappa shape index (κ2) is 17.1. The minimum Gasteiger partial charge on any atom is -0.507 e. The average Bonchev–Trinajstić information content (AvgIpc) is 2.79. The second-order valence-electron chi connectivity index (χ2n) is 13.1. The fraction of sp³-hybridized carbons (Fsp3) is 0.788. The van der Waals surface area contributed by atoms with Crippen LogP contribution in [0.2, 0.25) is 0 Å². The van der Waals surface area contributed by atoms with Gasteiger partial charge in [0, 0.05) is 0 Å². The maximum absolute atomic E-state index is 12.4. The van der Waals surface area contributed by atoms with E-state index in [4.69, 9.17) is 4.74 Å². The van der Waals surface area contributed by atoms with E-state index in [1.807, 2.05) is 0 Å². The van der Waals surface area contributed by atoms with Crippen molar-refractivity contribution in [3.8, 4) is 5.75 Å². The Morgan fingerprint density at radius 3 is 1.72 bits per heavy atom. The van der Waals surface area contributed by atoms with Gasteiger partial charge < -0.3 is 9.84 Å². The summed E-state index contributed by atoms with van der Waals surface area (Å²) >= 11 is 0. The van der Waals surface area contributed by atoms with Gasteiger partial charge in [-0.05, 0) is 54.1 Å². The second-order valence-corrected chi connectivity index (χ2v) is 13.1. The number of hydrogen-bond acceptors (Lipinski definition) is 3. The van der Waals surface area contributed by atoms with Crippen LogP contribution in [0.3, 0.4) is 0 Å². The first kappa shape index (κ1) is 32.5. The predicted octanol–water partition coefficient (Wildman–Crippen LogP) is 10.4. The predicted molar refractivity (Wildman–Crippen MR) is 155 cm³/mol. The molecule has 1 rings (SSSR count). The lowest BCUT2D eigenvalue weighted by Gasteiger charge is -2.39. The first-order chi connectivity index (χ1) is 17.0.